The van der Waals surface area contributed by atoms with Gasteiger partial charge >= 0.3 is 0 Å². The van der Waals surface area contributed by atoms with E-state index in [-0.39, 0.29) is 18.4 Å². The molecule has 0 radical (unpaired) electrons. The summed E-state index contributed by atoms with van der Waals surface area (Å²) in [7, 11) is -3.31. The second kappa shape index (κ2) is 7.05. The van der Waals surface area contributed by atoms with E-state index in [0.29, 0.717) is 25.6 Å². The zero-order chi connectivity index (χ0) is 12.3. The van der Waals surface area contributed by atoms with Crippen LogP contribution in [-0.2, 0) is 10.2 Å². The topological polar surface area (TPSA) is 75.4 Å². The number of hydrogen-bond acceptors (Lipinski definition) is 3. The molecule has 0 bridgehead atoms. The molecule has 1 saturated carbocycles. The maximum Gasteiger partial charge on any atom is 0.279 e. The highest BCUT2D eigenvalue weighted by atomic mass is 35.5. The third-order valence-electron chi connectivity index (χ3n) is 3.93. The molecular weight excluding hydrogens is 274 g/mol. The molecule has 108 valence electrons. The summed E-state index contributed by atoms with van der Waals surface area (Å²) in [6.45, 7) is 1.70. The third kappa shape index (κ3) is 3.81. The lowest BCUT2D eigenvalue weighted by Gasteiger charge is -2.26. The maximum absolute atomic E-state index is 12.1. The lowest BCUT2D eigenvalue weighted by Crippen LogP contribution is -2.49. The van der Waals surface area contributed by atoms with E-state index in [9.17, 15) is 8.42 Å². The number of nitrogens with zero attached hydrogens (tertiary/aromatic N) is 1. The zero-order valence-electron chi connectivity index (χ0n) is 10.7. The third-order valence-corrected chi connectivity index (χ3v) is 5.57. The van der Waals surface area contributed by atoms with Crippen molar-refractivity contribution in [3.8, 4) is 0 Å². The van der Waals surface area contributed by atoms with Crippen molar-refractivity contribution in [3.63, 3.8) is 0 Å². The first-order chi connectivity index (χ1) is 8.13. The van der Waals surface area contributed by atoms with Gasteiger partial charge in [0.2, 0.25) is 0 Å². The van der Waals surface area contributed by atoms with Gasteiger partial charge in [0.25, 0.3) is 10.2 Å². The minimum atomic E-state index is -3.31. The molecule has 2 fully saturated rings. The number of nitrogens with two attached hydrogens (primary N) is 1. The van der Waals surface area contributed by atoms with Crippen LogP contribution < -0.4 is 10.5 Å². The van der Waals surface area contributed by atoms with Gasteiger partial charge in [0.15, 0.2) is 0 Å². The van der Waals surface area contributed by atoms with Gasteiger partial charge in [0.1, 0.15) is 0 Å². The first-order valence-corrected chi connectivity index (χ1v) is 8.05. The molecule has 0 amide bonds. The molecule has 1 aliphatic heterocycles. The standard InChI is InChI=1S/C11H23N3O2S.ClH/c12-9-11(10-5-1-2-6-10)13-17(15,16)14-7-3-4-8-14;/h10-11,13H,1-9,12H2;1H. The van der Waals surface area contributed by atoms with Crippen LogP contribution in [0.5, 0.6) is 0 Å². The zero-order valence-corrected chi connectivity index (χ0v) is 12.3. The Morgan fingerprint density at radius 3 is 2.22 bits per heavy atom. The quantitative estimate of drug-likeness (QED) is 0.790. The van der Waals surface area contributed by atoms with Crippen molar-refractivity contribution in [2.45, 2.75) is 44.6 Å². The fourth-order valence-corrected chi connectivity index (χ4v) is 4.45. The van der Waals surface area contributed by atoms with Crippen molar-refractivity contribution >= 4 is 22.6 Å². The first-order valence-electron chi connectivity index (χ1n) is 6.61. The molecule has 0 spiro atoms. The number of rotatable bonds is 5. The lowest BCUT2D eigenvalue weighted by atomic mass is 9.99. The van der Waals surface area contributed by atoms with Crippen molar-refractivity contribution in [1.29, 1.82) is 0 Å². The van der Waals surface area contributed by atoms with Gasteiger partial charge in [0, 0.05) is 25.7 Å². The van der Waals surface area contributed by atoms with Gasteiger partial charge in [-0.25, -0.2) is 0 Å². The molecule has 1 aliphatic carbocycles. The highest BCUT2D eigenvalue weighted by Gasteiger charge is 2.31. The highest BCUT2D eigenvalue weighted by Crippen LogP contribution is 2.28. The van der Waals surface area contributed by atoms with Crippen LogP contribution in [0.2, 0.25) is 0 Å². The Bertz CT molecular complexity index is 338. The fraction of sp³-hybridized carbons (Fsp3) is 1.00. The van der Waals surface area contributed by atoms with E-state index in [1.54, 1.807) is 4.31 Å². The normalized spacial score (nSPS) is 24.1. The van der Waals surface area contributed by atoms with Gasteiger partial charge < -0.3 is 5.73 Å². The number of halogens is 1. The summed E-state index contributed by atoms with van der Waals surface area (Å²) in [5, 5.41) is 0. The number of hydrogen-bond donors (Lipinski definition) is 2. The Kier molecular flexibility index (Phi) is 6.34. The molecule has 0 aromatic rings. The Morgan fingerprint density at radius 1 is 1.17 bits per heavy atom. The van der Waals surface area contributed by atoms with Gasteiger partial charge in [-0.05, 0) is 31.6 Å². The second-order valence-corrected chi connectivity index (χ2v) is 6.82. The van der Waals surface area contributed by atoms with Crippen molar-refractivity contribution in [2.24, 2.45) is 11.7 Å². The molecule has 1 saturated heterocycles. The molecule has 18 heavy (non-hydrogen) atoms. The molecule has 1 atom stereocenters. The average molecular weight is 298 g/mol. The van der Waals surface area contributed by atoms with E-state index >= 15 is 0 Å². The van der Waals surface area contributed by atoms with Crippen LogP contribution in [0, 0.1) is 5.92 Å². The molecule has 2 rings (SSSR count). The summed E-state index contributed by atoms with van der Waals surface area (Å²) in [6, 6.07) is -0.0805. The minimum Gasteiger partial charge on any atom is -0.329 e. The summed E-state index contributed by atoms with van der Waals surface area (Å²) in [4.78, 5) is 0. The Balaban J connectivity index is 0.00000162. The smallest absolute Gasteiger partial charge is 0.279 e. The second-order valence-electron chi connectivity index (χ2n) is 5.12. The Hall–Kier alpha value is 0.120. The van der Waals surface area contributed by atoms with E-state index in [1.807, 2.05) is 0 Å². The summed E-state index contributed by atoms with van der Waals surface area (Å²) >= 11 is 0. The van der Waals surface area contributed by atoms with Crippen molar-refractivity contribution < 1.29 is 8.42 Å². The lowest BCUT2D eigenvalue weighted by molar-refractivity contribution is 0.386. The number of nitrogens with one attached hydrogen (secondary N) is 1. The van der Waals surface area contributed by atoms with Crippen LogP contribution in [-0.4, -0.2) is 38.4 Å². The molecule has 1 unspecified atom stereocenters. The summed E-state index contributed by atoms with van der Waals surface area (Å²) in [5.74, 6) is 0.428. The molecule has 0 aromatic heterocycles. The fourth-order valence-electron chi connectivity index (χ4n) is 2.89. The molecule has 0 aromatic carbocycles. The largest absolute Gasteiger partial charge is 0.329 e. The average Bonchev–Trinajstić information content (AvgIpc) is 2.97. The van der Waals surface area contributed by atoms with Crippen LogP contribution in [0.3, 0.4) is 0 Å². The molecule has 7 heteroatoms. The van der Waals surface area contributed by atoms with E-state index in [1.165, 1.54) is 12.8 Å². The highest BCUT2D eigenvalue weighted by molar-refractivity contribution is 7.87. The van der Waals surface area contributed by atoms with Crippen LogP contribution in [0.4, 0.5) is 0 Å². The van der Waals surface area contributed by atoms with E-state index in [0.717, 1.165) is 25.7 Å². The van der Waals surface area contributed by atoms with Gasteiger partial charge in [-0.15, -0.1) is 12.4 Å². The van der Waals surface area contributed by atoms with Crippen LogP contribution in [0.25, 0.3) is 0 Å². The summed E-state index contributed by atoms with van der Waals surface area (Å²) < 4.78 is 28.6. The first kappa shape index (κ1) is 16.2. The molecule has 3 N–H and O–H groups in total. The van der Waals surface area contributed by atoms with Gasteiger partial charge in [-0.1, -0.05) is 12.8 Å². The Morgan fingerprint density at radius 2 is 1.72 bits per heavy atom. The maximum atomic E-state index is 12.1. The van der Waals surface area contributed by atoms with Crippen LogP contribution >= 0.6 is 12.4 Å². The van der Waals surface area contributed by atoms with Gasteiger partial charge in [-0.2, -0.15) is 17.4 Å². The monoisotopic (exact) mass is 297 g/mol. The summed E-state index contributed by atoms with van der Waals surface area (Å²) in [5.41, 5.74) is 5.71. The van der Waals surface area contributed by atoms with Crippen molar-refractivity contribution in [3.05, 3.63) is 0 Å². The van der Waals surface area contributed by atoms with Crippen molar-refractivity contribution in [2.75, 3.05) is 19.6 Å². The minimum absolute atomic E-state index is 0. The van der Waals surface area contributed by atoms with E-state index in [4.69, 9.17) is 5.73 Å². The SMILES string of the molecule is Cl.NCC(NS(=O)(=O)N1CCCC1)C1CCCC1. The van der Waals surface area contributed by atoms with E-state index in [2.05, 4.69) is 4.72 Å². The van der Waals surface area contributed by atoms with Gasteiger partial charge in [-0.3, -0.25) is 0 Å². The summed E-state index contributed by atoms with van der Waals surface area (Å²) in [6.07, 6.45) is 6.54. The molecule has 5 nitrogen and oxygen atoms in total. The van der Waals surface area contributed by atoms with Crippen LogP contribution in [0.1, 0.15) is 38.5 Å². The molecule has 2 aliphatic rings. The Labute approximate surface area is 116 Å². The predicted molar refractivity (Wildman–Crippen MR) is 74.9 cm³/mol. The predicted octanol–water partition coefficient (Wildman–Crippen LogP) is 0.856. The van der Waals surface area contributed by atoms with E-state index < -0.39 is 10.2 Å². The molecule has 1 heterocycles. The van der Waals surface area contributed by atoms with Gasteiger partial charge in [0.05, 0.1) is 0 Å². The molecular formula is C11H24ClN3O2S. The van der Waals surface area contributed by atoms with Crippen LogP contribution in [0.15, 0.2) is 0 Å². The van der Waals surface area contributed by atoms with Crippen molar-refractivity contribution in [1.82, 2.24) is 9.03 Å².